The molecule has 0 radical (unpaired) electrons. The molecule has 0 aliphatic carbocycles. The van der Waals surface area contributed by atoms with E-state index in [9.17, 15) is 0 Å². The first-order valence-electron chi connectivity index (χ1n) is 7.94. The third-order valence-corrected chi connectivity index (χ3v) is 3.43. The van der Waals surface area contributed by atoms with E-state index in [1.807, 2.05) is 6.07 Å². The second kappa shape index (κ2) is 10.7. The van der Waals surface area contributed by atoms with Gasteiger partial charge in [-0.2, -0.15) is 0 Å². The molecule has 0 fully saturated rings. The Balaban J connectivity index is 2.33. The molecule has 0 aromatic heterocycles. The Bertz CT molecular complexity index is 355. The predicted molar refractivity (Wildman–Crippen MR) is 86.3 cm³/mol. The quantitative estimate of drug-likeness (QED) is 0.672. The zero-order chi connectivity index (χ0) is 14.6. The summed E-state index contributed by atoms with van der Waals surface area (Å²) in [5, 5.41) is 3.33. The molecule has 20 heavy (non-hydrogen) atoms. The van der Waals surface area contributed by atoms with Gasteiger partial charge in [0.05, 0.1) is 0 Å². The minimum absolute atomic E-state index is 0.766. The Hall–Kier alpha value is -1.06. The molecule has 0 unspecified atom stereocenters. The van der Waals surface area contributed by atoms with Gasteiger partial charge in [-0.1, -0.05) is 39.3 Å². The maximum atomic E-state index is 5.87. The van der Waals surface area contributed by atoms with E-state index in [1.165, 1.54) is 24.9 Å². The molecule has 0 bridgehead atoms. The minimum Gasteiger partial charge on any atom is -0.492 e. The van der Waals surface area contributed by atoms with Crippen molar-refractivity contribution in [1.82, 2.24) is 10.2 Å². The van der Waals surface area contributed by atoms with Gasteiger partial charge in [-0.05, 0) is 43.8 Å². The van der Waals surface area contributed by atoms with Gasteiger partial charge in [-0.15, -0.1) is 0 Å². The van der Waals surface area contributed by atoms with Crippen LogP contribution in [0.4, 0.5) is 0 Å². The second-order valence-corrected chi connectivity index (χ2v) is 5.06. The fraction of sp³-hybridized carbons (Fsp3) is 0.647. The van der Waals surface area contributed by atoms with Gasteiger partial charge in [0.15, 0.2) is 0 Å². The summed E-state index contributed by atoms with van der Waals surface area (Å²) >= 11 is 0. The van der Waals surface area contributed by atoms with E-state index in [-0.39, 0.29) is 0 Å². The van der Waals surface area contributed by atoms with E-state index < -0.39 is 0 Å². The van der Waals surface area contributed by atoms with Crippen LogP contribution in [0.15, 0.2) is 24.3 Å². The molecule has 0 amide bonds. The number of rotatable bonds is 11. The first-order chi connectivity index (χ1) is 9.80. The van der Waals surface area contributed by atoms with Crippen molar-refractivity contribution in [1.29, 1.82) is 0 Å². The zero-order valence-electron chi connectivity index (χ0n) is 13.3. The molecular weight excluding hydrogens is 248 g/mol. The summed E-state index contributed by atoms with van der Waals surface area (Å²) in [5.41, 5.74) is 1.28. The molecule has 0 heterocycles. The van der Waals surface area contributed by atoms with Crippen molar-refractivity contribution in [3.05, 3.63) is 29.8 Å². The van der Waals surface area contributed by atoms with Crippen molar-refractivity contribution in [2.24, 2.45) is 0 Å². The molecule has 1 aromatic rings. The minimum atomic E-state index is 0.766. The summed E-state index contributed by atoms with van der Waals surface area (Å²) in [5.74, 6) is 0.979. The molecule has 0 aliphatic rings. The Morgan fingerprint density at radius 1 is 1.15 bits per heavy atom. The summed E-state index contributed by atoms with van der Waals surface area (Å²) in [4.78, 5) is 2.45. The van der Waals surface area contributed by atoms with Crippen LogP contribution in [-0.2, 0) is 6.54 Å². The molecule has 3 heteroatoms. The summed E-state index contributed by atoms with van der Waals surface area (Å²) in [6.07, 6.45) is 2.52. The fourth-order valence-electron chi connectivity index (χ4n) is 2.12. The summed E-state index contributed by atoms with van der Waals surface area (Å²) in [7, 11) is 0. The number of hydrogen-bond donors (Lipinski definition) is 1. The Morgan fingerprint density at radius 3 is 2.70 bits per heavy atom. The lowest BCUT2D eigenvalue weighted by Gasteiger charge is -2.20. The maximum Gasteiger partial charge on any atom is 0.119 e. The van der Waals surface area contributed by atoms with E-state index in [0.29, 0.717) is 0 Å². The van der Waals surface area contributed by atoms with Gasteiger partial charge < -0.3 is 15.0 Å². The largest absolute Gasteiger partial charge is 0.492 e. The van der Waals surface area contributed by atoms with Crippen molar-refractivity contribution in [3.63, 3.8) is 0 Å². The van der Waals surface area contributed by atoms with Crippen LogP contribution >= 0.6 is 0 Å². The van der Waals surface area contributed by atoms with Crippen LogP contribution in [0.25, 0.3) is 0 Å². The van der Waals surface area contributed by atoms with Crippen molar-refractivity contribution >= 4 is 0 Å². The lowest BCUT2D eigenvalue weighted by molar-refractivity contribution is 0.213. The van der Waals surface area contributed by atoms with Crippen LogP contribution in [0.5, 0.6) is 5.75 Å². The Morgan fingerprint density at radius 2 is 2.00 bits per heavy atom. The molecule has 0 aliphatic heterocycles. The van der Waals surface area contributed by atoms with Crippen molar-refractivity contribution < 1.29 is 4.74 Å². The predicted octanol–water partition coefficient (Wildman–Crippen LogP) is 3.30. The zero-order valence-corrected chi connectivity index (χ0v) is 13.3. The molecular formula is C17H30N2O. The molecule has 0 atom stereocenters. The van der Waals surface area contributed by atoms with E-state index in [1.54, 1.807) is 0 Å². The number of ether oxygens (including phenoxy) is 1. The summed E-state index contributed by atoms with van der Waals surface area (Å²) in [6.45, 7) is 12.5. The fourth-order valence-corrected chi connectivity index (χ4v) is 2.12. The number of unbranched alkanes of at least 4 members (excludes halogenated alkanes) is 1. The topological polar surface area (TPSA) is 24.5 Å². The lowest BCUT2D eigenvalue weighted by atomic mass is 10.2. The highest BCUT2D eigenvalue weighted by Gasteiger charge is 2.02. The van der Waals surface area contributed by atoms with E-state index >= 15 is 0 Å². The number of benzene rings is 1. The first-order valence-corrected chi connectivity index (χ1v) is 7.94. The van der Waals surface area contributed by atoms with Gasteiger partial charge in [0, 0.05) is 13.1 Å². The van der Waals surface area contributed by atoms with Gasteiger partial charge >= 0.3 is 0 Å². The highest BCUT2D eigenvalue weighted by molar-refractivity contribution is 5.28. The summed E-state index contributed by atoms with van der Waals surface area (Å²) in [6, 6.07) is 8.37. The average molecular weight is 278 g/mol. The van der Waals surface area contributed by atoms with E-state index in [0.717, 1.165) is 38.5 Å². The highest BCUT2D eigenvalue weighted by Crippen LogP contribution is 2.13. The lowest BCUT2D eigenvalue weighted by Crippen LogP contribution is -2.29. The molecule has 114 valence electrons. The van der Waals surface area contributed by atoms with Crippen LogP contribution in [0.3, 0.4) is 0 Å². The van der Waals surface area contributed by atoms with Crippen molar-refractivity contribution in [2.75, 3.05) is 32.8 Å². The Kier molecular flexibility index (Phi) is 9.09. The molecule has 1 rings (SSSR count). The van der Waals surface area contributed by atoms with Gasteiger partial charge in [-0.25, -0.2) is 0 Å². The highest BCUT2D eigenvalue weighted by atomic mass is 16.5. The van der Waals surface area contributed by atoms with Crippen molar-refractivity contribution in [3.8, 4) is 5.75 Å². The first kappa shape index (κ1) is 17.0. The van der Waals surface area contributed by atoms with Gasteiger partial charge in [0.2, 0.25) is 0 Å². The maximum absolute atomic E-state index is 5.87. The number of hydrogen-bond acceptors (Lipinski definition) is 3. The normalized spacial score (nSPS) is 11.0. The Labute approximate surface area is 124 Å². The number of likely N-dealkylation sites (N-methyl/N-ethyl adjacent to an activating group) is 1. The third-order valence-electron chi connectivity index (χ3n) is 3.43. The number of nitrogens with one attached hydrogen (secondary N) is 1. The molecule has 3 nitrogen and oxygen atoms in total. The van der Waals surface area contributed by atoms with E-state index in [2.05, 4.69) is 49.2 Å². The monoisotopic (exact) mass is 278 g/mol. The smallest absolute Gasteiger partial charge is 0.119 e. The van der Waals surface area contributed by atoms with Gasteiger partial charge in [-0.3, -0.25) is 0 Å². The summed E-state index contributed by atoms with van der Waals surface area (Å²) < 4.78 is 5.87. The van der Waals surface area contributed by atoms with Crippen LogP contribution in [0.1, 0.15) is 39.2 Å². The van der Waals surface area contributed by atoms with Gasteiger partial charge in [0.25, 0.3) is 0 Å². The van der Waals surface area contributed by atoms with E-state index in [4.69, 9.17) is 4.74 Å². The third kappa shape index (κ3) is 6.92. The van der Waals surface area contributed by atoms with Crippen LogP contribution < -0.4 is 10.1 Å². The molecule has 0 spiro atoms. The van der Waals surface area contributed by atoms with Crippen LogP contribution in [0.2, 0.25) is 0 Å². The van der Waals surface area contributed by atoms with Gasteiger partial charge in [0.1, 0.15) is 12.4 Å². The average Bonchev–Trinajstić information content (AvgIpc) is 2.49. The van der Waals surface area contributed by atoms with Crippen LogP contribution in [0, 0.1) is 0 Å². The molecule has 0 saturated carbocycles. The standard InChI is InChI=1S/C17H30N2O/c1-4-7-11-19(6-3)12-13-20-17-10-8-9-16(14-17)15-18-5-2/h8-10,14,18H,4-7,11-13,15H2,1-3H3. The second-order valence-electron chi connectivity index (χ2n) is 5.06. The van der Waals surface area contributed by atoms with Crippen molar-refractivity contribution in [2.45, 2.75) is 40.2 Å². The molecule has 0 saturated heterocycles. The van der Waals surface area contributed by atoms with Crippen LogP contribution in [-0.4, -0.2) is 37.7 Å². The molecule has 1 N–H and O–H groups in total. The SMILES string of the molecule is CCCCN(CC)CCOc1cccc(CNCC)c1. The molecule has 1 aromatic carbocycles. The number of nitrogens with zero attached hydrogens (tertiary/aromatic N) is 1.